The molecule has 6 N–H and O–H groups in total. The Hall–Kier alpha value is -5.27. The average Bonchev–Trinajstić information content (AvgIpc) is 3.13. The molecule has 0 bridgehead atoms. The van der Waals surface area contributed by atoms with Crippen molar-refractivity contribution in [3.63, 3.8) is 0 Å². The molecule has 2 aromatic carbocycles. The van der Waals surface area contributed by atoms with Crippen LogP contribution in [0, 0.1) is 6.92 Å². The number of aromatic hydroxyl groups is 2. The zero-order valence-corrected chi connectivity index (χ0v) is 30.1. The second-order valence-electron chi connectivity index (χ2n) is 13.9. The van der Waals surface area contributed by atoms with Crippen molar-refractivity contribution in [1.29, 1.82) is 0 Å². The number of benzene rings is 2. The number of ketones is 4. The summed E-state index contributed by atoms with van der Waals surface area (Å²) in [6, 6.07) is 5.31. The van der Waals surface area contributed by atoms with E-state index in [4.69, 9.17) is 18.9 Å². The first-order valence-electron chi connectivity index (χ1n) is 17.1. The number of aliphatic hydroxyl groups excluding tert-OH is 2. The Labute approximate surface area is 312 Å². The Morgan fingerprint density at radius 3 is 2.35 bits per heavy atom. The number of ether oxygens (including phenoxy) is 4. The summed E-state index contributed by atoms with van der Waals surface area (Å²) < 4.78 is 22.1. The first kappa shape index (κ1) is 38.0. The summed E-state index contributed by atoms with van der Waals surface area (Å²) in [7, 11) is 3.58. The number of aliphatic hydroxyl groups is 3. The van der Waals surface area contributed by atoms with Gasteiger partial charge < -0.3 is 49.8 Å². The molecule has 1 aliphatic heterocycles. The Balaban J connectivity index is 1.38. The lowest BCUT2D eigenvalue weighted by atomic mass is 9.56. The Morgan fingerprint density at radius 1 is 1.00 bits per heavy atom. The number of phenolic OH excluding ortho intramolecular Hbond substituents is 2. The van der Waals surface area contributed by atoms with Crippen molar-refractivity contribution in [1.82, 2.24) is 4.98 Å². The molecular weight excluding hydrogens is 722 g/mol. The van der Waals surface area contributed by atoms with Crippen LogP contribution < -0.4 is 5.32 Å². The zero-order chi connectivity index (χ0) is 39.9. The Bertz CT molecular complexity index is 2220. The van der Waals surface area contributed by atoms with Gasteiger partial charge >= 0.3 is 0 Å². The molecule has 17 nitrogen and oxygen atoms in total. The van der Waals surface area contributed by atoms with E-state index in [1.807, 2.05) is 0 Å². The lowest BCUT2D eigenvalue weighted by molar-refractivity contribution is -0.228. The maximum absolute atomic E-state index is 14.8. The summed E-state index contributed by atoms with van der Waals surface area (Å²) in [6.07, 6.45) is -5.49. The fourth-order valence-corrected chi connectivity index (χ4v) is 8.46. The minimum absolute atomic E-state index is 0.00429. The first-order valence-corrected chi connectivity index (χ1v) is 17.1. The number of carbonyl (C=O) groups is 5. The van der Waals surface area contributed by atoms with Gasteiger partial charge in [-0.25, -0.2) is 0 Å². The molecule has 4 aliphatic rings. The number of aliphatic imine (C=N–C) groups is 1. The van der Waals surface area contributed by atoms with E-state index < -0.39 is 129 Å². The predicted molar refractivity (Wildman–Crippen MR) is 188 cm³/mol. The van der Waals surface area contributed by atoms with Gasteiger partial charge in [0.25, 0.3) is 5.91 Å². The molecule has 1 aromatic heterocycles. The normalized spacial score (nSPS) is 30.7. The second kappa shape index (κ2) is 13.5. The molecule has 7 rings (SSSR count). The average molecular weight is 760 g/mol. The first-order chi connectivity index (χ1) is 26.1. The van der Waals surface area contributed by atoms with Crippen molar-refractivity contribution in [2.75, 3.05) is 26.6 Å². The lowest BCUT2D eigenvalue weighted by Crippen LogP contribution is -2.73. The van der Waals surface area contributed by atoms with Crippen LogP contribution in [0.5, 0.6) is 11.5 Å². The number of nitrogens with zero attached hydrogens (tertiary/aromatic N) is 2. The molecule has 1 unspecified atom stereocenters. The molecule has 8 atom stereocenters. The fraction of sp³-hybridized carbons (Fsp3) is 0.395. The van der Waals surface area contributed by atoms with Crippen LogP contribution in [0.25, 0.3) is 0 Å². The molecule has 288 valence electrons. The molecule has 0 spiro atoms. The number of nitrogens with one attached hydrogen (secondary N) is 1. The van der Waals surface area contributed by atoms with Crippen LogP contribution in [0.4, 0.5) is 5.69 Å². The molecule has 3 aromatic rings. The third kappa shape index (κ3) is 5.22. The van der Waals surface area contributed by atoms with Gasteiger partial charge in [-0.2, -0.15) is 0 Å². The summed E-state index contributed by atoms with van der Waals surface area (Å²) >= 11 is 0. The third-order valence-electron chi connectivity index (χ3n) is 11.0. The Morgan fingerprint density at radius 2 is 1.71 bits per heavy atom. The molecule has 0 radical (unpaired) electrons. The van der Waals surface area contributed by atoms with Gasteiger partial charge in [0.15, 0.2) is 23.2 Å². The summed E-state index contributed by atoms with van der Waals surface area (Å²) in [5.74, 6) is -7.38. The highest BCUT2D eigenvalue weighted by atomic mass is 16.6. The van der Waals surface area contributed by atoms with E-state index in [2.05, 4.69) is 15.3 Å². The molecule has 3 aliphatic carbocycles. The molecule has 2 heterocycles. The van der Waals surface area contributed by atoms with Gasteiger partial charge in [-0.05, 0) is 43.2 Å². The molecule has 1 saturated heterocycles. The van der Waals surface area contributed by atoms with Crippen LogP contribution in [0.2, 0.25) is 0 Å². The number of hydrogen-bond donors (Lipinski definition) is 6. The van der Waals surface area contributed by atoms with Crippen LogP contribution in [0.3, 0.4) is 0 Å². The highest BCUT2D eigenvalue weighted by Gasteiger charge is 2.72. The molecular formula is C38H37N3O14. The van der Waals surface area contributed by atoms with E-state index in [9.17, 15) is 49.5 Å². The number of fused-ring (bicyclic) bond motifs is 5. The number of aromatic nitrogens is 1. The van der Waals surface area contributed by atoms with Gasteiger partial charge in [0.1, 0.15) is 29.8 Å². The minimum atomic E-state index is -3.26. The van der Waals surface area contributed by atoms with Crippen LogP contribution in [-0.4, -0.2) is 129 Å². The summed E-state index contributed by atoms with van der Waals surface area (Å²) in [5.41, 5.74) is -9.82. The van der Waals surface area contributed by atoms with E-state index in [1.165, 1.54) is 45.7 Å². The topological polar surface area (TPSA) is 261 Å². The number of amides is 1. The highest BCUT2D eigenvalue weighted by molar-refractivity contribution is 6.53. The van der Waals surface area contributed by atoms with Crippen LogP contribution >= 0.6 is 0 Å². The number of methoxy groups -OCH3 is 3. The van der Waals surface area contributed by atoms with Crippen molar-refractivity contribution in [3.05, 3.63) is 81.2 Å². The largest absolute Gasteiger partial charge is 0.507 e. The van der Waals surface area contributed by atoms with Crippen LogP contribution in [0.1, 0.15) is 81.8 Å². The number of carbonyl (C=O) groups excluding carboxylic acids is 5. The quantitative estimate of drug-likeness (QED) is 0.205. The number of rotatable bonds is 6. The van der Waals surface area contributed by atoms with Crippen molar-refractivity contribution < 1.29 is 68.5 Å². The van der Waals surface area contributed by atoms with E-state index >= 15 is 0 Å². The van der Waals surface area contributed by atoms with E-state index in [0.717, 1.165) is 13.2 Å². The van der Waals surface area contributed by atoms with E-state index in [-0.39, 0.29) is 28.1 Å². The van der Waals surface area contributed by atoms with E-state index in [0.29, 0.717) is 0 Å². The van der Waals surface area contributed by atoms with Crippen molar-refractivity contribution in [3.8, 4) is 11.5 Å². The lowest BCUT2D eigenvalue weighted by Gasteiger charge is -2.53. The summed E-state index contributed by atoms with van der Waals surface area (Å²) in [4.78, 5) is 78.9. The number of Topliss-reactive ketones (excluding diaryl/α,β-unsaturated/α-hetero) is 4. The number of anilines is 1. The third-order valence-corrected chi connectivity index (χ3v) is 11.0. The van der Waals surface area contributed by atoms with Crippen molar-refractivity contribution in [2.24, 2.45) is 4.99 Å². The number of aryl methyl sites for hydroxylation is 1. The molecule has 0 saturated carbocycles. The van der Waals surface area contributed by atoms with E-state index in [1.54, 1.807) is 13.0 Å². The zero-order valence-electron chi connectivity index (χ0n) is 30.1. The standard InChI is InChI=1S/C38H37N3O14/c1-14-9-16-10-22(43)38(54-5)34(49)25-19(33(48)37(38,51)26(16)29(46)23(14)35(50)40-17-7-6-8-39-13-17)11-18-24(28(25)45)21(42)12-20(27(18)44)41-36-32(53-4)30(47)31(52-3)15(2)55-36/h6-9,11,13,15,22,30-32,36,43,45-47,51H,10,12H2,1-5H3,(H,40,50)/t15-,22+,30+,31-,32+,36?,37-,38+/m0/s1. The van der Waals surface area contributed by atoms with Gasteiger partial charge in [-0.15, -0.1) is 0 Å². The molecule has 1 fully saturated rings. The van der Waals surface area contributed by atoms with Gasteiger partial charge in [-0.1, -0.05) is 6.07 Å². The monoisotopic (exact) mass is 759 g/mol. The van der Waals surface area contributed by atoms with Crippen LogP contribution in [-0.2, 0) is 31.0 Å². The summed E-state index contributed by atoms with van der Waals surface area (Å²) in [6.45, 7) is 3.08. The molecule has 1 amide bonds. The Kier molecular flexibility index (Phi) is 9.32. The molecule has 55 heavy (non-hydrogen) atoms. The van der Waals surface area contributed by atoms with Gasteiger partial charge in [0.2, 0.25) is 17.3 Å². The van der Waals surface area contributed by atoms with Crippen molar-refractivity contribution in [2.45, 2.75) is 74.6 Å². The van der Waals surface area contributed by atoms with Gasteiger partial charge in [-0.3, -0.25) is 33.9 Å². The SMILES string of the molecule is CO[C@@H]1[C@@H](O)[C@@H](OC)C(N=C2CC(=O)c3c(cc4c(c3O)C(=O)[C@]3(OC)[C@H](O)Cc5cc(C)c(C(=O)Nc6cccnc6)c(O)c5[C@]3(O)C4=O)C2=O)O[C@H]1C. The smallest absolute Gasteiger partial charge is 0.259 e. The fourth-order valence-electron chi connectivity index (χ4n) is 8.46. The maximum atomic E-state index is 14.8. The number of hydrogen-bond acceptors (Lipinski definition) is 16. The van der Waals surface area contributed by atoms with Gasteiger partial charge in [0.05, 0.1) is 52.9 Å². The van der Waals surface area contributed by atoms with Crippen LogP contribution in [0.15, 0.2) is 41.7 Å². The minimum Gasteiger partial charge on any atom is -0.507 e. The highest BCUT2D eigenvalue weighted by Crippen LogP contribution is 2.56. The van der Waals surface area contributed by atoms with Crippen molar-refractivity contribution >= 4 is 40.4 Å². The maximum Gasteiger partial charge on any atom is 0.259 e. The number of pyridine rings is 1. The summed E-state index contributed by atoms with van der Waals surface area (Å²) in [5, 5.41) is 61.0. The number of phenols is 2. The second-order valence-corrected chi connectivity index (χ2v) is 13.9. The van der Waals surface area contributed by atoms with Gasteiger partial charge in [0, 0.05) is 50.6 Å². The predicted octanol–water partition coefficient (Wildman–Crippen LogP) is 0.968. The molecule has 17 heteroatoms.